The highest BCUT2D eigenvalue weighted by atomic mass is 15.1. The Bertz CT molecular complexity index is 346. The number of nitrogens with zero attached hydrogens (tertiary/aromatic N) is 1. The molecule has 0 radical (unpaired) electrons. The highest BCUT2D eigenvalue weighted by Crippen LogP contribution is 2.44. The molecule has 3 heteroatoms. The van der Waals surface area contributed by atoms with E-state index in [2.05, 4.69) is 34.7 Å². The van der Waals surface area contributed by atoms with E-state index in [0.29, 0.717) is 6.04 Å². The first kappa shape index (κ1) is 9.16. The predicted molar refractivity (Wildman–Crippen MR) is 60.9 cm³/mol. The van der Waals surface area contributed by atoms with Crippen LogP contribution in [0.25, 0.3) is 0 Å². The summed E-state index contributed by atoms with van der Waals surface area (Å²) in [5.74, 6) is 2.90. The minimum absolute atomic E-state index is 0.665. The molecule has 0 spiro atoms. The standard InChI is InChI=1S/C12H17N3/c1-8-2-3-12(14-5-8)15-7-11-10-4-9(10)6-13-11/h2-3,5,9-11,13H,4,6-7H2,1H3,(H,14,15). The molecular formula is C12H17N3. The van der Waals surface area contributed by atoms with E-state index < -0.39 is 0 Å². The fourth-order valence-electron chi connectivity index (χ4n) is 2.46. The van der Waals surface area contributed by atoms with Crippen molar-refractivity contribution in [2.45, 2.75) is 19.4 Å². The maximum atomic E-state index is 4.34. The third kappa shape index (κ3) is 1.84. The Balaban J connectivity index is 1.55. The maximum Gasteiger partial charge on any atom is 0.125 e. The van der Waals surface area contributed by atoms with Gasteiger partial charge in [0.1, 0.15) is 5.82 Å². The van der Waals surface area contributed by atoms with Crippen LogP contribution in [0, 0.1) is 18.8 Å². The van der Waals surface area contributed by atoms with Gasteiger partial charge in [-0.3, -0.25) is 0 Å². The molecule has 1 aliphatic heterocycles. The first-order valence-corrected chi connectivity index (χ1v) is 5.73. The molecular weight excluding hydrogens is 186 g/mol. The Morgan fingerprint density at radius 1 is 1.53 bits per heavy atom. The van der Waals surface area contributed by atoms with Crippen LogP contribution in [0.4, 0.5) is 5.82 Å². The van der Waals surface area contributed by atoms with E-state index >= 15 is 0 Å². The van der Waals surface area contributed by atoms with Gasteiger partial charge in [-0.2, -0.15) is 0 Å². The van der Waals surface area contributed by atoms with Crippen LogP contribution < -0.4 is 10.6 Å². The van der Waals surface area contributed by atoms with Gasteiger partial charge in [-0.1, -0.05) is 6.07 Å². The molecule has 1 aromatic rings. The zero-order valence-corrected chi connectivity index (χ0v) is 9.03. The number of hydrogen-bond donors (Lipinski definition) is 2. The summed E-state index contributed by atoms with van der Waals surface area (Å²) in [6.45, 7) is 4.29. The highest BCUT2D eigenvalue weighted by molar-refractivity contribution is 5.35. The van der Waals surface area contributed by atoms with Crippen molar-refractivity contribution in [2.75, 3.05) is 18.4 Å². The first-order valence-electron chi connectivity index (χ1n) is 5.73. The van der Waals surface area contributed by atoms with E-state index in [1.807, 2.05) is 6.20 Å². The minimum atomic E-state index is 0.665. The molecule has 0 bridgehead atoms. The van der Waals surface area contributed by atoms with Crippen molar-refractivity contribution in [3.05, 3.63) is 23.9 Å². The van der Waals surface area contributed by atoms with E-state index in [1.54, 1.807) is 0 Å². The maximum absolute atomic E-state index is 4.34. The molecule has 3 unspecified atom stereocenters. The molecule has 2 aliphatic rings. The molecule has 15 heavy (non-hydrogen) atoms. The summed E-state index contributed by atoms with van der Waals surface area (Å²) < 4.78 is 0. The number of aryl methyl sites for hydroxylation is 1. The van der Waals surface area contributed by atoms with Crippen LogP contribution in [0.5, 0.6) is 0 Å². The van der Waals surface area contributed by atoms with E-state index in [1.165, 1.54) is 18.5 Å². The number of pyridine rings is 1. The van der Waals surface area contributed by atoms with Gasteiger partial charge in [0, 0.05) is 18.8 Å². The van der Waals surface area contributed by atoms with Crippen LogP contribution >= 0.6 is 0 Å². The molecule has 0 amide bonds. The van der Waals surface area contributed by atoms with Gasteiger partial charge < -0.3 is 10.6 Å². The Kier molecular flexibility index (Phi) is 2.13. The molecule has 2 fully saturated rings. The smallest absolute Gasteiger partial charge is 0.125 e. The van der Waals surface area contributed by atoms with Crippen molar-refractivity contribution >= 4 is 5.82 Å². The lowest BCUT2D eigenvalue weighted by atomic mass is 10.2. The largest absolute Gasteiger partial charge is 0.369 e. The fraction of sp³-hybridized carbons (Fsp3) is 0.583. The third-order valence-electron chi connectivity index (χ3n) is 3.55. The molecule has 0 aromatic carbocycles. The SMILES string of the molecule is Cc1ccc(NCC2NCC3CC32)nc1. The molecule has 3 atom stereocenters. The van der Waals surface area contributed by atoms with Crippen LogP contribution in [-0.2, 0) is 0 Å². The quantitative estimate of drug-likeness (QED) is 0.780. The monoisotopic (exact) mass is 203 g/mol. The van der Waals surface area contributed by atoms with Gasteiger partial charge in [-0.25, -0.2) is 4.98 Å². The van der Waals surface area contributed by atoms with Crippen LogP contribution in [0.15, 0.2) is 18.3 Å². The molecule has 3 nitrogen and oxygen atoms in total. The second-order valence-electron chi connectivity index (χ2n) is 4.78. The number of nitrogens with one attached hydrogen (secondary N) is 2. The first-order chi connectivity index (χ1) is 7.33. The number of rotatable bonds is 3. The third-order valence-corrected chi connectivity index (χ3v) is 3.55. The Morgan fingerprint density at radius 2 is 2.47 bits per heavy atom. The summed E-state index contributed by atoms with van der Waals surface area (Å²) in [6, 6.07) is 4.81. The second-order valence-corrected chi connectivity index (χ2v) is 4.78. The number of aromatic nitrogens is 1. The van der Waals surface area contributed by atoms with Crippen molar-refractivity contribution in [3.8, 4) is 0 Å². The van der Waals surface area contributed by atoms with Gasteiger partial charge in [0.25, 0.3) is 0 Å². The second kappa shape index (κ2) is 3.49. The Labute approximate surface area is 90.3 Å². The topological polar surface area (TPSA) is 37.0 Å². The summed E-state index contributed by atoms with van der Waals surface area (Å²) in [5.41, 5.74) is 1.21. The van der Waals surface area contributed by atoms with Crippen LogP contribution in [0.2, 0.25) is 0 Å². The number of fused-ring (bicyclic) bond motifs is 1. The summed E-state index contributed by atoms with van der Waals surface area (Å²) in [4.78, 5) is 4.34. The number of anilines is 1. The van der Waals surface area contributed by atoms with Crippen molar-refractivity contribution in [2.24, 2.45) is 11.8 Å². The summed E-state index contributed by atoms with van der Waals surface area (Å²) in [6.07, 6.45) is 3.34. The van der Waals surface area contributed by atoms with Crippen molar-refractivity contribution in [1.82, 2.24) is 10.3 Å². The number of hydrogen-bond acceptors (Lipinski definition) is 3. The zero-order valence-electron chi connectivity index (χ0n) is 9.03. The Morgan fingerprint density at radius 3 is 3.07 bits per heavy atom. The van der Waals surface area contributed by atoms with Crippen molar-refractivity contribution in [1.29, 1.82) is 0 Å². The summed E-state index contributed by atoms with van der Waals surface area (Å²) in [7, 11) is 0. The molecule has 1 saturated heterocycles. The van der Waals surface area contributed by atoms with Crippen LogP contribution in [-0.4, -0.2) is 24.1 Å². The van der Waals surface area contributed by atoms with Gasteiger partial charge in [-0.15, -0.1) is 0 Å². The van der Waals surface area contributed by atoms with Gasteiger partial charge in [0.05, 0.1) is 0 Å². The normalized spacial score (nSPS) is 32.5. The average Bonchev–Trinajstić information content (AvgIpc) is 2.93. The summed E-state index contributed by atoms with van der Waals surface area (Å²) >= 11 is 0. The van der Waals surface area contributed by atoms with Gasteiger partial charge >= 0.3 is 0 Å². The van der Waals surface area contributed by atoms with Crippen molar-refractivity contribution < 1.29 is 0 Å². The predicted octanol–water partition coefficient (Wildman–Crippen LogP) is 1.41. The minimum Gasteiger partial charge on any atom is -0.369 e. The van der Waals surface area contributed by atoms with Gasteiger partial charge in [0.2, 0.25) is 0 Å². The molecule has 1 saturated carbocycles. The molecule has 80 valence electrons. The fourth-order valence-corrected chi connectivity index (χ4v) is 2.46. The Hall–Kier alpha value is -1.09. The van der Waals surface area contributed by atoms with Gasteiger partial charge in [0.15, 0.2) is 0 Å². The lowest BCUT2D eigenvalue weighted by Crippen LogP contribution is -2.33. The average molecular weight is 203 g/mol. The molecule has 1 aromatic heterocycles. The van der Waals surface area contributed by atoms with Crippen LogP contribution in [0.1, 0.15) is 12.0 Å². The highest BCUT2D eigenvalue weighted by Gasteiger charge is 2.47. The summed E-state index contributed by atoms with van der Waals surface area (Å²) in [5, 5.41) is 6.94. The molecule has 2 N–H and O–H groups in total. The van der Waals surface area contributed by atoms with Crippen molar-refractivity contribution in [3.63, 3.8) is 0 Å². The van der Waals surface area contributed by atoms with Crippen LogP contribution in [0.3, 0.4) is 0 Å². The van der Waals surface area contributed by atoms with E-state index in [4.69, 9.17) is 0 Å². The number of piperidine rings is 1. The van der Waals surface area contributed by atoms with E-state index in [9.17, 15) is 0 Å². The molecule has 2 heterocycles. The van der Waals surface area contributed by atoms with E-state index in [-0.39, 0.29) is 0 Å². The van der Waals surface area contributed by atoms with E-state index in [0.717, 1.165) is 24.2 Å². The lowest BCUT2D eigenvalue weighted by molar-refractivity contribution is 0.556. The zero-order chi connectivity index (χ0) is 10.3. The lowest BCUT2D eigenvalue weighted by Gasteiger charge is -2.14. The molecule has 1 aliphatic carbocycles. The van der Waals surface area contributed by atoms with Gasteiger partial charge in [-0.05, 0) is 43.4 Å². The molecule has 3 rings (SSSR count).